The van der Waals surface area contributed by atoms with E-state index in [0.717, 1.165) is 44.2 Å². The van der Waals surface area contributed by atoms with Crippen LogP contribution < -0.4 is 19.7 Å². The normalized spacial score (nSPS) is 15.1. The first-order valence-electron chi connectivity index (χ1n) is 12.0. The molecule has 1 saturated heterocycles. The highest BCUT2D eigenvalue weighted by Crippen LogP contribution is 2.18. The van der Waals surface area contributed by atoms with Crippen LogP contribution in [0, 0.1) is 0 Å². The highest BCUT2D eigenvalue weighted by atomic mass is 35.5. The summed E-state index contributed by atoms with van der Waals surface area (Å²) in [5, 5.41) is 13.8. The van der Waals surface area contributed by atoms with E-state index in [-0.39, 0.29) is 19.1 Å². The minimum Gasteiger partial charge on any atom is -0.491 e. The van der Waals surface area contributed by atoms with E-state index in [0.29, 0.717) is 23.0 Å². The number of benzene rings is 2. The molecular formula is C27H31ClN4O4. The van der Waals surface area contributed by atoms with Crippen molar-refractivity contribution in [2.75, 3.05) is 56.2 Å². The molecule has 3 aromatic rings. The predicted octanol–water partition coefficient (Wildman–Crippen LogP) is 3.70. The maximum absolute atomic E-state index is 12.2. The van der Waals surface area contributed by atoms with E-state index >= 15 is 0 Å². The molecule has 1 fully saturated rings. The monoisotopic (exact) mass is 510 g/mol. The van der Waals surface area contributed by atoms with Gasteiger partial charge >= 0.3 is 0 Å². The molecule has 2 aromatic carbocycles. The quantitative estimate of drug-likeness (QED) is 0.430. The molecular weight excluding hydrogens is 480 g/mol. The second kappa shape index (κ2) is 13.1. The number of amides is 1. The Hall–Kier alpha value is -3.33. The minimum atomic E-state index is -0.554. The van der Waals surface area contributed by atoms with Gasteiger partial charge in [0, 0.05) is 31.2 Å². The number of nitrogens with one attached hydrogen (secondary N) is 1. The topological polar surface area (TPSA) is 87.2 Å². The molecule has 0 bridgehead atoms. The zero-order valence-electron chi connectivity index (χ0n) is 20.1. The number of hydrogen-bond donors (Lipinski definition) is 2. The van der Waals surface area contributed by atoms with Crippen molar-refractivity contribution in [3.63, 3.8) is 0 Å². The Bertz CT molecular complexity index is 1080. The number of hydrogen-bond acceptors (Lipinski definition) is 7. The van der Waals surface area contributed by atoms with E-state index in [2.05, 4.69) is 20.1 Å². The molecule has 0 radical (unpaired) electrons. The number of pyridine rings is 1. The number of aliphatic hydroxyl groups excluding tert-OH is 1. The van der Waals surface area contributed by atoms with Crippen molar-refractivity contribution >= 4 is 29.0 Å². The number of carbonyl (C=O) groups excluding carboxylic acids is 1. The van der Waals surface area contributed by atoms with Gasteiger partial charge in [-0.05, 0) is 61.5 Å². The Morgan fingerprint density at radius 3 is 2.50 bits per heavy atom. The van der Waals surface area contributed by atoms with Crippen LogP contribution in [0.5, 0.6) is 11.5 Å². The standard InChI is InChI=1S/C27H31ClN4O4/c28-21-7-10-25(11-8-21)36-20-27(34)30-22-9-12-26(29-17-22)32-14-4-13-31(15-16-32)18-23(33)19-35-24-5-2-1-3-6-24/h1-3,5-12,17,23,33H,4,13-16,18-20H2,(H,30,34). The van der Waals surface area contributed by atoms with Gasteiger partial charge in [-0.1, -0.05) is 29.8 Å². The van der Waals surface area contributed by atoms with Crippen LogP contribution in [0.2, 0.25) is 5.02 Å². The van der Waals surface area contributed by atoms with Crippen LogP contribution in [-0.2, 0) is 4.79 Å². The first kappa shape index (κ1) is 25.8. The van der Waals surface area contributed by atoms with E-state index in [1.54, 1.807) is 30.5 Å². The number of ether oxygens (including phenoxy) is 2. The van der Waals surface area contributed by atoms with E-state index in [1.807, 2.05) is 42.5 Å². The van der Waals surface area contributed by atoms with Gasteiger partial charge in [0.15, 0.2) is 6.61 Å². The maximum atomic E-state index is 12.2. The third-order valence-electron chi connectivity index (χ3n) is 5.78. The first-order chi connectivity index (χ1) is 17.5. The van der Waals surface area contributed by atoms with Gasteiger partial charge in [-0.3, -0.25) is 9.69 Å². The van der Waals surface area contributed by atoms with Crippen LogP contribution in [0.1, 0.15) is 6.42 Å². The molecule has 1 aromatic heterocycles. The molecule has 1 amide bonds. The Morgan fingerprint density at radius 2 is 1.75 bits per heavy atom. The van der Waals surface area contributed by atoms with Gasteiger partial charge < -0.3 is 24.8 Å². The Balaban J connectivity index is 1.19. The molecule has 9 heteroatoms. The van der Waals surface area contributed by atoms with E-state index in [9.17, 15) is 9.90 Å². The lowest BCUT2D eigenvalue weighted by Gasteiger charge is -2.24. The molecule has 36 heavy (non-hydrogen) atoms. The zero-order chi connectivity index (χ0) is 25.2. The smallest absolute Gasteiger partial charge is 0.262 e. The van der Waals surface area contributed by atoms with Gasteiger partial charge in [0.05, 0.1) is 11.9 Å². The SMILES string of the molecule is O=C(COc1ccc(Cl)cc1)Nc1ccc(N2CCCN(CC(O)COc3ccccc3)CC2)nc1. The van der Waals surface area contributed by atoms with Crippen molar-refractivity contribution in [3.05, 3.63) is 77.9 Å². The van der Waals surface area contributed by atoms with Crippen LogP contribution in [0.15, 0.2) is 72.9 Å². The van der Waals surface area contributed by atoms with Gasteiger partial charge in [-0.25, -0.2) is 4.98 Å². The summed E-state index contributed by atoms with van der Waals surface area (Å²) in [7, 11) is 0. The van der Waals surface area contributed by atoms with Crippen molar-refractivity contribution in [1.29, 1.82) is 0 Å². The fraction of sp³-hybridized carbons (Fsp3) is 0.333. The summed E-state index contributed by atoms with van der Waals surface area (Å²) in [6.07, 6.45) is 2.07. The Morgan fingerprint density at radius 1 is 0.972 bits per heavy atom. The lowest BCUT2D eigenvalue weighted by atomic mass is 10.3. The first-order valence-corrected chi connectivity index (χ1v) is 12.4. The van der Waals surface area contributed by atoms with Gasteiger partial charge in [-0.15, -0.1) is 0 Å². The molecule has 8 nitrogen and oxygen atoms in total. The van der Waals surface area contributed by atoms with Crippen LogP contribution in [0.25, 0.3) is 0 Å². The average molecular weight is 511 g/mol. The summed E-state index contributed by atoms with van der Waals surface area (Å²) < 4.78 is 11.1. The number of carbonyl (C=O) groups is 1. The highest BCUT2D eigenvalue weighted by Gasteiger charge is 2.19. The second-order valence-electron chi connectivity index (χ2n) is 8.61. The summed E-state index contributed by atoms with van der Waals surface area (Å²) in [6.45, 7) is 4.14. The van der Waals surface area contributed by atoms with E-state index in [1.165, 1.54) is 0 Å². The van der Waals surface area contributed by atoms with E-state index in [4.69, 9.17) is 21.1 Å². The maximum Gasteiger partial charge on any atom is 0.262 e. The molecule has 0 aliphatic carbocycles. The van der Waals surface area contributed by atoms with Crippen molar-refractivity contribution in [2.24, 2.45) is 0 Å². The molecule has 1 aliphatic heterocycles. The minimum absolute atomic E-state index is 0.104. The number of para-hydroxylation sites is 1. The third-order valence-corrected chi connectivity index (χ3v) is 6.03. The molecule has 0 saturated carbocycles. The zero-order valence-corrected chi connectivity index (χ0v) is 20.8. The second-order valence-corrected chi connectivity index (χ2v) is 9.05. The molecule has 2 heterocycles. The Labute approximate surface area is 216 Å². The van der Waals surface area contributed by atoms with E-state index < -0.39 is 6.10 Å². The third kappa shape index (κ3) is 8.12. The Kier molecular flexibility index (Phi) is 9.38. The number of anilines is 2. The average Bonchev–Trinajstić information content (AvgIpc) is 3.14. The van der Waals surface area contributed by atoms with Crippen LogP contribution in [-0.4, -0.2) is 72.9 Å². The number of rotatable bonds is 10. The largest absolute Gasteiger partial charge is 0.491 e. The highest BCUT2D eigenvalue weighted by molar-refractivity contribution is 6.30. The van der Waals surface area contributed by atoms with Gasteiger partial charge in [-0.2, -0.15) is 0 Å². The van der Waals surface area contributed by atoms with Gasteiger partial charge in [0.25, 0.3) is 5.91 Å². The number of aromatic nitrogens is 1. The number of β-amino-alcohol motifs (C(OH)–C–C–N with tert-alkyl or cyclic N) is 1. The number of nitrogens with zero attached hydrogens (tertiary/aromatic N) is 3. The van der Waals surface area contributed by atoms with Crippen molar-refractivity contribution in [2.45, 2.75) is 12.5 Å². The number of halogens is 1. The van der Waals surface area contributed by atoms with Gasteiger partial charge in [0.1, 0.15) is 30.0 Å². The van der Waals surface area contributed by atoms with Crippen molar-refractivity contribution < 1.29 is 19.4 Å². The predicted molar refractivity (Wildman–Crippen MR) is 141 cm³/mol. The molecule has 1 aliphatic rings. The van der Waals surface area contributed by atoms with Crippen LogP contribution in [0.3, 0.4) is 0 Å². The van der Waals surface area contributed by atoms with Crippen molar-refractivity contribution in [1.82, 2.24) is 9.88 Å². The van der Waals surface area contributed by atoms with Crippen LogP contribution in [0.4, 0.5) is 11.5 Å². The fourth-order valence-corrected chi connectivity index (χ4v) is 4.09. The lowest BCUT2D eigenvalue weighted by Crippen LogP contribution is -2.38. The number of aliphatic hydroxyl groups is 1. The molecule has 190 valence electrons. The summed E-state index contributed by atoms with van der Waals surface area (Å²) in [5.41, 5.74) is 0.612. The summed E-state index contributed by atoms with van der Waals surface area (Å²) in [6, 6.07) is 20.1. The summed E-state index contributed by atoms with van der Waals surface area (Å²) >= 11 is 5.86. The van der Waals surface area contributed by atoms with Crippen molar-refractivity contribution in [3.8, 4) is 11.5 Å². The molecule has 1 atom stereocenters. The molecule has 2 N–H and O–H groups in total. The summed E-state index contributed by atoms with van der Waals surface area (Å²) in [4.78, 5) is 21.2. The summed E-state index contributed by atoms with van der Waals surface area (Å²) in [5.74, 6) is 1.94. The molecule has 0 spiro atoms. The lowest BCUT2D eigenvalue weighted by molar-refractivity contribution is -0.118. The molecule has 4 rings (SSSR count). The van der Waals surface area contributed by atoms with Gasteiger partial charge in [0.2, 0.25) is 0 Å². The van der Waals surface area contributed by atoms with Crippen LogP contribution >= 0.6 is 11.6 Å². The molecule has 1 unspecified atom stereocenters. The fourth-order valence-electron chi connectivity index (χ4n) is 3.97.